The van der Waals surface area contributed by atoms with Gasteiger partial charge in [-0.25, -0.2) is 4.39 Å². The Bertz CT molecular complexity index is 515. The van der Waals surface area contributed by atoms with E-state index < -0.39 is 6.10 Å². The fourth-order valence-corrected chi connectivity index (χ4v) is 2.59. The van der Waals surface area contributed by atoms with E-state index in [9.17, 15) is 9.50 Å². The van der Waals surface area contributed by atoms with Gasteiger partial charge in [-0.1, -0.05) is 23.7 Å². The van der Waals surface area contributed by atoms with Crippen molar-refractivity contribution in [2.45, 2.75) is 11.0 Å². The van der Waals surface area contributed by atoms with Crippen molar-refractivity contribution >= 4 is 23.4 Å². The lowest BCUT2D eigenvalue weighted by Gasteiger charge is -2.10. The fraction of sp³-hybridized carbons (Fsp3) is 0.143. The zero-order chi connectivity index (χ0) is 13.0. The molecule has 1 nitrogen and oxygen atoms in total. The van der Waals surface area contributed by atoms with Gasteiger partial charge in [0.05, 0.1) is 6.10 Å². The third kappa shape index (κ3) is 3.73. The molecule has 0 aliphatic rings. The van der Waals surface area contributed by atoms with Crippen LogP contribution in [0.1, 0.15) is 11.7 Å². The van der Waals surface area contributed by atoms with Crippen LogP contribution in [0.25, 0.3) is 0 Å². The van der Waals surface area contributed by atoms with Crippen LogP contribution >= 0.6 is 23.4 Å². The van der Waals surface area contributed by atoms with Crippen molar-refractivity contribution in [2.75, 3.05) is 5.75 Å². The highest BCUT2D eigenvalue weighted by Gasteiger charge is 2.08. The summed E-state index contributed by atoms with van der Waals surface area (Å²) in [7, 11) is 0. The molecule has 0 radical (unpaired) electrons. The average molecular weight is 283 g/mol. The lowest BCUT2D eigenvalue weighted by Crippen LogP contribution is -2.00. The van der Waals surface area contributed by atoms with E-state index in [1.807, 2.05) is 12.1 Å². The van der Waals surface area contributed by atoms with E-state index in [1.54, 1.807) is 24.3 Å². The summed E-state index contributed by atoms with van der Waals surface area (Å²) in [6, 6.07) is 13.4. The van der Waals surface area contributed by atoms with E-state index in [-0.39, 0.29) is 5.82 Å². The van der Waals surface area contributed by atoms with Gasteiger partial charge in [-0.2, -0.15) is 0 Å². The van der Waals surface area contributed by atoms with Crippen LogP contribution in [-0.4, -0.2) is 10.9 Å². The van der Waals surface area contributed by atoms with Gasteiger partial charge >= 0.3 is 0 Å². The highest BCUT2D eigenvalue weighted by atomic mass is 35.5. The minimum Gasteiger partial charge on any atom is -0.388 e. The highest BCUT2D eigenvalue weighted by molar-refractivity contribution is 7.99. The second-order valence-electron chi connectivity index (χ2n) is 3.84. The van der Waals surface area contributed by atoms with Crippen molar-refractivity contribution in [1.82, 2.24) is 0 Å². The molecule has 0 saturated heterocycles. The molecule has 0 saturated carbocycles. The molecule has 0 spiro atoms. The predicted octanol–water partition coefficient (Wildman–Crippen LogP) is 4.30. The number of aliphatic hydroxyl groups is 1. The summed E-state index contributed by atoms with van der Waals surface area (Å²) in [4.78, 5) is 0.928. The van der Waals surface area contributed by atoms with Gasteiger partial charge in [0.2, 0.25) is 0 Å². The molecule has 2 aromatic rings. The summed E-state index contributed by atoms with van der Waals surface area (Å²) < 4.78 is 12.7. The molecule has 2 aromatic carbocycles. The third-order valence-corrected chi connectivity index (χ3v) is 3.78. The maximum Gasteiger partial charge on any atom is 0.123 e. The van der Waals surface area contributed by atoms with Crippen LogP contribution in [0, 0.1) is 5.82 Å². The molecule has 0 fully saturated rings. The van der Waals surface area contributed by atoms with Crippen LogP contribution in [0.2, 0.25) is 5.02 Å². The van der Waals surface area contributed by atoms with Crippen molar-refractivity contribution in [3.8, 4) is 0 Å². The van der Waals surface area contributed by atoms with Gasteiger partial charge in [-0.15, -0.1) is 11.8 Å². The zero-order valence-corrected chi connectivity index (χ0v) is 11.1. The first-order chi connectivity index (χ1) is 8.65. The Labute approximate surface area is 115 Å². The number of hydrogen-bond donors (Lipinski definition) is 1. The molecular weight excluding hydrogens is 271 g/mol. The number of aliphatic hydroxyl groups excluding tert-OH is 1. The Hall–Kier alpha value is -1.03. The summed E-state index contributed by atoms with van der Waals surface area (Å²) in [5.41, 5.74) is 0.789. The van der Waals surface area contributed by atoms with Crippen LogP contribution in [0.5, 0.6) is 0 Å². The number of thioether (sulfide) groups is 1. The molecule has 94 valence electrons. The lowest BCUT2D eigenvalue weighted by atomic mass is 10.1. The highest BCUT2D eigenvalue weighted by Crippen LogP contribution is 2.26. The van der Waals surface area contributed by atoms with Crippen molar-refractivity contribution < 1.29 is 9.50 Å². The van der Waals surface area contributed by atoms with Gasteiger partial charge in [-0.3, -0.25) is 0 Å². The lowest BCUT2D eigenvalue weighted by molar-refractivity contribution is 0.204. The molecular formula is C14H12ClFOS. The number of benzene rings is 2. The summed E-state index contributed by atoms with van der Waals surface area (Å²) >= 11 is 7.34. The molecule has 1 unspecified atom stereocenters. The molecule has 0 aliphatic carbocycles. The minimum absolute atomic E-state index is 0.255. The van der Waals surface area contributed by atoms with E-state index in [0.29, 0.717) is 10.8 Å². The smallest absolute Gasteiger partial charge is 0.123 e. The number of hydrogen-bond acceptors (Lipinski definition) is 2. The van der Waals surface area contributed by atoms with Crippen LogP contribution in [0.4, 0.5) is 4.39 Å². The molecule has 0 aliphatic heterocycles. The van der Waals surface area contributed by atoms with E-state index in [0.717, 1.165) is 10.5 Å². The summed E-state index contributed by atoms with van der Waals surface area (Å²) in [6.45, 7) is 0. The Morgan fingerprint density at radius 2 is 1.89 bits per heavy atom. The molecule has 2 rings (SSSR count). The molecule has 1 atom stereocenters. The van der Waals surface area contributed by atoms with E-state index in [4.69, 9.17) is 11.6 Å². The van der Waals surface area contributed by atoms with Gasteiger partial charge in [0.1, 0.15) is 5.82 Å². The zero-order valence-electron chi connectivity index (χ0n) is 9.51. The first kappa shape index (κ1) is 13.4. The van der Waals surface area contributed by atoms with Gasteiger partial charge in [0, 0.05) is 15.7 Å². The van der Waals surface area contributed by atoms with Crippen LogP contribution in [0.3, 0.4) is 0 Å². The third-order valence-electron chi connectivity index (χ3n) is 2.45. The fourth-order valence-electron chi connectivity index (χ4n) is 1.52. The maximum absolute atomic E-state index is 12.7. The number of rotatable bonds is 4. The average Bonchev–Trinajstić information content (AvgIpc) is 2.38. The van der Waals surface area contributed by atoms with Crippen molar-refractivity contribution in [3.05, 3.63) is 64.9 Å². The monoisotopic (exact) mass is 282 g/mol. The molecule has 18 heavy (non-hydrogen) atoms. The Morgan fingerprint density at radius 3 is 2.56 bits per heavy atom. The van der Waals surface area contributed by atoms with Gasteiger partial charge in [0.25, 0.3) is 0 Å². The Morgan fingerprint density at radius 1 is 1.17 bits per heavy atom. The molecule has 0 amide bonds. The molecule has 0 bridgehead atoms. The van der Waals surface area contributed by atoms with Crippen LogP contribution < -0.4 is 0 Å². The molecule has 1 N–H and O–H groups in total. The Kier molecular flexibility index (Phi) is 4.64. The SMILES string of the molecule is OC(CSc1ccc(F)cc1)c1cccc(Cl)c1. The van der Waals surface area contributed by atoms with Crippen molar-refractivity contribution in [3.63, 3.8) is 0 Å². The second-order valence-corrected chi connectivity index (χ2v) is 5.37. The Balaban J connectivity index is 1.96. The van der Waals surface area contributed by atoms with Crippen LogP contribution in [0.15, 0.2) is 53.4 Å². The predicted molar refractivity (Wildman–Crippen MR) is 73.5 cm³/mol. The van der Waals surface area contributed by atoms with Gasteiger partial charge in [-0.05, 0) is 42.0 Å². The van der Waals surface area contributed by atoms with E-state index >= 15 is 0 Å². The minimum atomic E-state index is -0.584. The molecule has 0 aromatic heterocycles. The largest absolute Gasteiger partial charge is 0.388 e. The van der Waals surface area contributed by atoms with E-state index in [2.05, 4.69) is 0 Å². The first-order valence-corrected chi connectivity index (χ1v) is 6.83. The summed E-state index contributed by atoms with van der Waals surface area (Å²) in [5, 5.41) is 10.6. The summed E-state index contributed by atoms with van der Waals surface area (Å²) in [6.07, 6.45) is -0.584. The van der Waals surface area contributed by atoms with E-state index in [1.165, 1.54) is 23.9 Å². The first-order valence-electron chi connectivity index (χ1n) is 5.47. The maximum atomic E-state index is 12.7. The number of halogens is 2. The van der Waals surface area contributed by atoms with Gasteiger partial charge < -0.3 is 5.11 Å². The second kappa shape index (κ2) is 6.23. The van der Waals surface area contributed by atoms with Crippen molar-refractivity contribution in [2.24, 2.45) is 0 Å². The van der Waals surface area contributed by atoms with Crippen LogP contribution in [-0.2, 0) is 0 Å². The molecule has 0 heterocycles. The standard InChI is InChI=1S/C14H12ClFOS/c15-11-3-1-2-10(8-11)14(17)9-18-13-6-4-12(16)5-7-13/h1-8,14,17H,9H2. The van der Waals surface area contributed by atoms with Gasteiger partial charge in [0.15, 0.2) is 0 Å². The topological polar surface area (TPSA) is 20.2 Å². The quantitative estimate of drug-likeness (QED) is 0.844. The van der Waals surface area contributed by atoms with Crippen molar-refractivity contribution in [1.29, 1.82) is 0 Å². The summed E-state index contributed by atoms with van der Waals surface area (Å²) in [5.74, 6) is 0.251. The molecule has 4 heteroatoms. The normalized spacial score (nSPS) is 12.4.